The number of aliphatic carboxylic acids is 1. The number of hydrogen-bond acceptors (Lipinski definition) is 3. The molecule has 0 aliphatic carbocycles. The Labute approximate surface area is 169 Å². The first-order valence-corrected chi connectivity index (χ1v) is 9.60. The molecule has 2 amide bonds. The van der Waals surface area contributed by atoms with Crippen molar-refractivity contribution >= 4 is 28.7 Å². The van der Waals surface area contributed by atoms with Crippen molar-refractivity contribution in [2.75, 3.05) is 0 Å². The minimum absolute atomic E-state index is 0.0926. The van der Waals surface area contributed by atoms with Gasteiger partial charge < -0.3 is 20.3 Å². The predicted molar refractivity (Wildman–Crippen MR) is 108 cm³/mol. The smallest absolute Gasteiger partial charge is 0.326 e. The number of carbonyl (C=O) groups excluding carboxylic acids is 2. The SMILES string of the molecule is CC(C)CC(NC(=O)c1cc2cc(F)ccc2n1C)C(=O)NC(C(=O)O)C(C)C. The van der Waals surface area contributed by atoms with Gasteiger partial charge in [-0.2, -0.15) is 0 Å². The number of aromatic nitrogens is 1. The highest BCUT2D eigenvalue weighted by molar-refractivity contribution is 6.01. The molecule has 0 aliphatic heterocycles. The van der Waals surface area contributed by atoms with Crippen molar-refractivity contribution in [1.82, 2.24) is 15.2 Å². The summed E-state index contributed by atoms with van der Waals surface area (Å²) < 4.78 is 15.1. The fourth-order valence-electron chi connectivity index (χ4n) is 3.24. The number of amides is 2. The topological polar surface area (TPSA) is 100 Å². The second-order valence-corrected chi connectivity index (χ2v) is 8.02. The maximum Gasteiger partial charge on any atom is 0.326 e. The number of nitrogens with zero attached hydrogens (tertiary/aromatic N) is 1. The summed E-state index contributed by atoms with van der Waals surface area (Å²) >= 11 is 0. The van der Waals surface area contributed by atoms with E-state index in [9.17, 15) is 23.9 Å². The average molecular weight is 405 g/mol. The Morgan fingerprint density at radius 2 is 1.76 bits per heavy atom. The van der Waals surface area contributed by atoms with E-state index in [1.54, 1.807) is 37.6 Å². The summed E-state index contributed by atoms with van der Waals surface area (Å²) in [6.45, 7) is 7.21. The number of benzene rings is 1. The normalized spacial score (nSPS) is 13.5. The van der Waals surface area contributed by atoms with E-state index >= 15 is 0 Å². The van der Waals surface area contributed by atoms with Gasteiger partial charge in [0.05, 0.1) is 0 Å². The first-order valence-electron chi connectivity index (χ1n) is 9.60. The first kappa shape index (κ1) is 22.4. The lowest BCUT2D eigenvalue weighted by molar-refractivity contribution is -0.143. The molecule has 7 nitrogen and oxygen atoms in total. The third kappa shape index (κ3) is 5.34. The van der Waals surface area contributed by atoms with Gasteiger partial charge in [0.2, 0.25) is 5.91 Å². The highest BCUT2D eigenvalue weighted by atomic mass is 19.1. The molecule has 0 saturated heterocycles. The van der Waals surface area contributed by atoms with E-state index in [-0.39, 0.29) is 17.5 Å². The zero-order chi connectivity index (χ0) is 21.9. The summed E-state index contributed by atoms with van der Waals surface area (Å²) in [5.74, 6) is -2.77. The van der Waals surface area contributed by atoms with E-state index < -0.39 is 35.7 Å². The highest BCUT2D eigenvalue weighted by Crippen LogP contribution is 2.20. The van der Waals surface area contributed by atoms with Crippen molar-refractivity contribution in [2.45, 2.75) is 46.2 Å². The van der Waals surface area contributed by atoms with Gasteiger partial charge in [0.15, 0.2) is 0 Å². The van der Waals surface area contributed by atoms with Crippen LogP contribution in [0.4, 0.5) is 4.39 Å². The van der Waals surface area contributed by atoms with Crippen molar-refractivity contribution in [3.8, 4) is 0 Å². The Kier molecular flexibility index (Phi) is 7.00. The molecular formula is C21H28FN3O4. The molecule has 8 heteroatoms. The number of carbonyl (C=O) groups is 3. The Balaban J connectivity index is 2.25. The zero-order valence-corrected chi connectivity index (χ0v) is 17.3. The highest BCUT2D eigenvalue weighted by Gasteiger charge is 2.29. The summed E-state index contributed by atoms with van der Waals surface area (Å²) in [5, 5.41) is 15.1. The molecule has 2 atom stereocenters. The molecule has 0 fully saturated rings. The fourth-order valence-corrected chi connectivity index (χ4v) is 3.24. The van der Waals surface area contributed by atoms with E-state index in [1.165, 1.54) is 12.1 Å². The second-order valence-electron chi connectivity index (χ2n) is 8.02. The van der Waals surface area contributed by atoms with Gasteiger partial charge in [-0.1, -0.05) is 27.7 Å². The van der Waals surface area contributed by atoms with Crippen LogP contribution in [0.3, 0.4) is 0 Å². The van der Waals surface area contributed by atoms with Crippen LogP contribution in [0.5, 0.6) is 0 Å². The number of hydrogen-bond donors (Lipinski definition) is 3. The molecule has 2 aromatic rings. The number of rotatable bonds is 8. The van der Waals surface area contributed by atoms with Gasteiger partial charge in [-0.25, -0.2) is 9.18 Å². The lowest BCUT2D eigenvalue weighted by atomic mass is 10.0. The third-order valence-electron chi connectivity index (χ3n) is 4.80. The van der Waals surface area contributed by atoms with Gasteiger partial charge in [0, 0.05) is 18.0 Å². The largest absolute Gasteiger partial charge is 0.480 e. The van der Waals surface area contributed by atoms with Crippen LogP contribution < -0.4 is 10.6 Å². The molecule has 1 heterocycles. The van der Waals surface area contributed by atoms with E-state index in [0.717, 1.165) is 0 Å². The van der Waals surface area contributed by atoms with Gasteiger partial charge in [-0.05, 0) is 42.5 Å². The lowest BCUT2D eigenvalue weighted by Gasteiger charge is -2.24. The van der Waals surface area contributed by atoms with Gasteiger partial charge in [0.1, 0.15) is 23.6 Å². The molecule has 2 unspecified atom stereocenters. The minimum Gasteiger partial charge on any atom is -0.480 e. The summed E-state index contributed by atoms with van der Waals surface area (Å²) in [4.78, 5) is 37.0. The van der Waals surface area contributed by atoms with Gasteiger partial charge >= 0.3 is 5.97 Å². The predicted octanol–water partition coefficient (Wildman–Crippen LogP) is 2.69. The fraction of sp³-hybridized carbons (Fsp3) is 0.476. The van der Waals surface area contributed by atoms with Crippen LogP contribution in [0.1, 0.15) is 44.6 Å². The van der Waals surface area contributed by atoms with Gasteiger partial charge in [-0.15, -0.1) is 0 Å². The molecule has 1 aromatic carbocycles. The Bertz CT molecular complexity index is 920. The standard InChI is InChI=1S/C21H28FN3O4/c1-11(2)8-15(19(26)24-18(12(3)4)21(28)29)23-20(27)17-10-13-9-14(22)6-7-16(13)25(17)5/h6-7,9-12,15,18H,8H2,1-5H3,(H,23,27)(H,24,26)(H,28,29). The first-order chi connectivity index (χ1) is 13.5. The maximum absolute atomic E-state index is 13.5. The number of nitrogens with one attached hydrogen (secondary N) is 2. The molecule has 158 valence electrons. The Morgan fingerprint density at radius 3 is 2.31 bits per heavy atom. The number of halogens is 1. The zero-order valence-electron chi connectivity index (χ0n) is 17.3. The third-order valence-corrected chi connectivity index (χ3v) is 4.80. The van der Waals surface area contributed by atoms with Crippen molar-refractivity contribution in [1.29, 1.82) is 0 Å². The van der Waals surface area contributed by atoms with Crippen LogP contribution >= 0.6 is 0 Å². The van der Waals surface area contributed by atoms with Crippen LogP contribution in [0, 0.1) is 17.7 Å². The van der Waals surface area contributed by atoms with Crippen molar-refractivity contribution in [2.24, 2.45) is 18.9 Å². The van der Waals surface area contributed by atoms with Crippen LogP contribution in [0.25, 0.3) is 10.9 Å². The van der Waals surface area contributed by atoms with Crippen LogP contribution in [-0.2, 0) is 16.6 Å². The minimum atomic E-state index is -1.13. The molecule has 0 aliphatic rings. The number of carboxylic acid groups (broad SMARTS) is 1. The number of aryl methyl sites for hydroxylation is 1. The summed E-state index contributed by atoms with van der Waals surface area (Å²) in [7, 11) is 1.69. The summed E-state index contributed by atoms with van der Waals surface area (Å²) in [5.41, 5.74) is 0.970. The molecule has 2 rings (SSSR count). The Morgan fingerprint density at radius 1 is 1.10 bits per heavy atom. The molecular weight excluding hydrogens is 377 g/mol. The molecule has 1 aromatic heterocycles. The summed E-state index contributed by atoms with van der Waals surface area (Å²) in [6.07, 6.45) is 0.348. The maximum atomic E-state index is 13.5. The number of fused-ring (bicyclic) bond motifs is 1. The van der Waals surface area contributed by atoms with Crippen LogP contribution in [0.2, 0.25) is 0 Å². The molecule has 0 spiro atoms. The molecule has 0 bridgehead atoms. The van der Waals surface area contributed by atoms with Crippen molar-refractivity contribution < 1.29 is 23.9 Å². The van der Waals surface area contributed by atoms with Crippen molar-refractivity contribution in [3.63, 3.8) is 0 Å². The van der Waals surface area contributed by atoms with Crippen LogP contribution in [0.15, 0.2) is 24.3 Å². The van der Waals surface area contributed by atoms with Gasteiger partial charge in [0.25, 0.3) is 5.91 Å². The quantitative estimate of drug-likeness (QED) is 0.629. The van der Waals surface area contributed by atoms with E-state index in [0.29, 0.717) is 17.3 Å². The van der Waals surface area contributed by atoms with Crippen molar-refractivity contribution in [3.05, 3.63) is 35.8 Å². The second kappa shape index (κ2) is 9.07. The number of carboxylic acids is 1. The van der Waals surface area contributed by atoms with Crippen LogP contribution in [-0.4, -0.2) is 39.5 Å². The lowest BCUT2D eigenvalue weighted by Crippen LogP contribution is -2.53. The average Bonchev–Trinajstić information content (AvgIpc) is 2.93. The van der Waals surface area contributed by atoms with E-state index in [1.807, 2.05) is 13.8 Å². The molecule has 0 saturated carbocycles. The monoisotopic (exact) mass is 405 g/mol. The molecule has 0 radical (unpaired) electrons. The van der Waals surface area contributed by atoms with E-state index in [4.69, 9.17) is 0 Å². The molecule has 3 N–H and O–H groups in total. The molecule has 29 heavy (non-hydrogen) atoms. The van der Waals surface area contributed by atoms with Gasteiger partial charge in [-0.3, -0.25) is 9.59 Å². The van der Waals surface area contributed by atoms with E-state index in [2.05, 4.69) is 10.6 Å². The summed E-state index contributed by atoms with van der Waals surface area (Å²) in [6, 6.07) is 3.86. The Hall–Kier alpha value is -2.90.